The first-order valence-electron chi connectivity index (χ1n) is 10.0. The van der Waals surface area contributed by atoms with Gasteiger partial charge in [-0.3, -0.25) is 4.79 Å². The summed E-state index contributed by atoms with van der Waals surface area (Å²) in [6.07, 6.45) is -8.34. The van der Waals surface area contributed by atoms with Gasteiger partial charge in [-0.05, 0) is 18.2 Å². The molecule has 1 aliphatic rings. The van der Waals surface area contributed by atoms with E-state index < -0.39 is 87.8 Å². The highest BCUT2D eigenvalue weighted by Crippen LogP contribution is 2.50. The lowest BCUT2D eigenvalue weighted by molar-refractivity contribution is -0.231. The monoisotopic (exact) mass is 478 g/mol. The van der Waals surface area contributed by atoms with Crippen molar-refractivity contribution in [2.75, 3.05) is 13.7 Å². The molecule has 1 fully saturated rings. The third-order valence-electron chi connectivity index (χ3n) is 5.76. The number of ether oxygens (including phenoxy) is 2. The molecule has 12 nitrogen and oxygen atoms in total. The average molecular weight is 478 g/mol. The van der Waals surface area contributed by atoms with Crippen LogP contribution >= 0.6 is 0 Å². The highest BCUT2D eigenvalue weighted by atomic mass is 16.5. The first-order chi connectivity index (χ1) is 16.1. The minimum Gasteiger partial charge on any atom is -0.504 e. The lowest BCUT2D eigenvalue weighted by atomic mass is 9.89. The number of fused-ring (bicyclic) bond motifs is 1. The Bertz CT molecular complexity index is 1300. The van der Waals surface area contributed by atoms with Crippen LogP contribution in [-0.4, -0.2) is 79.0 Å². The maximum Gasteiger partial charge on any atom is 0.204 e. The summed E-state index contributed by atoms with van der Waals surface area (Å²) in [7, 11) is 1.10. The Hall–Kier alpha value is -3.55. The van der Waals surface area contributed by atoms with Crippen molar-refractivity contribution in [3.05, 3.63) is 40.1 Å². The molecule has 3 aromatic rings. The van der Waals surface area contributed by atoms with Crippen molar-refractivity contribution in [1.29, 1.82) is 0 Å². The average Bonchev–Trinajstić information content (AvgIpc) is 2.80. The number of rotatable bonds is 4. The van der Waals surface area contributed by atoms with Gasteiger partial charge in [0.2, 0.25) is 5.75 Å². The first-order valence-corrected chi connectivity index (χ1v) is 10.0. The molecule has 8 N–H and O–H groups in total. The van der Waals surface area contributed by atoms with Crippen molar-refractivity contribution in [3.8, 4) is 40.1 Å². The standard InChI is InChI=1S/C22H22O12/c1-32-22-16(28)13-10(26)5-11(7-2-3-8(24)9(25)4-7)33-20(13)14(17(22)29)21-19(31)18(30)15(27)12(6-23)34-21/h2-5,12,15,18-19,21,23-25,27-31H,6H2,1H3/t12-,15-,18+,19-,21+/m1/s1. The van der Waals surface area contributed by atoms with Gasteiger partial charge in [0.1, 0.15) is 41.7 Å². The Balaban J connectivity index is 2.04. The zero-order valence-electron chi connectivity index (χ0n) is 17.6. The van der Waals surface area contributed by atoms with Crippen LogP contribution in [0.4, 0.5) is 0 Å². The quantitative estimate of drug-likeness (QED) is 0.229. The zero-order valence-corrected chi connectivity index (χ0v) is 17.6. The fourth-order valence-electron chi connectivity index (χ4n) is 3.98. The van der Waals surface area contributed by atoms with Crippen LogP contribution in [0.5, 0.6) is 28.7 Å². The number of methoxy groups -OCH3 is 1. The molecule has 182 valence electrons. The molecule has 12 heteroatoms. The third kappa shape index (κ3) is 3.57. The summed E-state index contributed by atoms with van der Waals surface area (Å²) in [5.74, 6) is -3.17. The van der Waals surface area contributed by atoms with Gasteiger partial charge in [0.05, 0.1) is 19.3 Å². The Labute approximate surface area is 190 Å². The van der Waals surface area contributed by atoms with Crippen molar-refractivity contribution in [2.45, 2.75) is 30.5 Å². The van der Waals surface area contributed by atoms with Gasteiger partial charge in [0.25, 0.3) is 0 Å². The van der Waals surface area contributed by atoms with Crippen molar-refractivity contribution >= 4 is 11.0 Å². The number of hydrogen-bond acceptors (Lipinski definition) is 12. The number of phenolic OH excluding ortho intramolecular Hbond substituents is 4. The number of aliphatic hydroxyl groups excluding tert-OH is 4. The predicted octanol–water partition coefficient (Wildman–Crippen LogP) is -0.194. The summed E-state index contributed by atoms with van der Waals surface area (Å²) >= 11 is 0. The van der Waals surface area contributed by atoms with E-state index in [1.54, 1.807) is 0 Å². The number of hydrogen-bond donors (Lipinski definition) is 8. The van der Waals surface area contributed by atoms with E-state index in [2.05, 4.69) is 0 Å². The third-order valence-corrected chi connectivity index (χ3v) is 5.76. The summed E-state index contributed by atoms with van der Waals surface area (Å²) in [5.41, 5.74) is -1.51. The van der Waals surface area contributed by atoms with Crippen molar-refractivity contribution in [1.82, 2.24) is 0 Å². The second-order valence-electron chi connectivity index (χ2n) is 7.78. The van der Waals surface area contributed by atoms with Crippen molar-refractivity contribution in [2.24, 2.45) is 0 Å². The largest absolute Gasteiger partial charge is 0.504 e. The molecule has 4 rings (SSSR count). The molecule has 1 aromatic heterocycles. The molecule has 0 aliphatic carbocycles. The van der Waals surface area contributed by atoms with Crippen molar-refractivity contribution < 1.29 is 54.7 Å². The summed E-state index contributed by atoms with van der Waals surface area (Å²) in [6.45, 7) is -0.753. The number of aliphatic hydroxyl groups is 4. The van der Waals surface area contributed by atoms with Crippen molar-refractivity contribution in [3.63, 3.8) is 0 Å². The Morgan fingerprint density at radius 2 is 1.65 bits per heavy atom. The van der Waals surface area contributed by atoms with Crippen LogP contribution in [0.15, 0.2) is 33.5 Å². The zero-order chi connectivity index (χ0) is 24.9. The fourth-order valence-corrected chi connectivity index (χ4v) is 3.98. The van der Waals surface area contributed by atoms with Crippen LogP contribution < -0.4 is 10.2 Å². The lowest BCUT2D eigenvalue weighted by Gasteiger charge is -2.40. The molecule has 0 amide bonds. The normalized spacial score (nSPS) is 24.9. The topological polar surface area (TPSA) is 211 Å². The molecule has 0 radical (unpaired) electrons. The predicted molar refractivity (Wildman–Crippen MR) is 114 cm³/mol. The van der Waals surface area contributed by atoms with Gasteiger partial charge in [-0.15, -0.1) is 0 Å². The van der Waals surface area contributed by atoms with Gasteiger partial charge in [-0.1, -0.05) is 0 Å². The summed E-state index contributed by atoms with van der Waals surface area (Å²) in [6, 6.07) is 4.57. The van der Waals surface area contributed by atoms with Gasteiger partial charge in [-0.25, -0.2) is 0 Å². The van der Waals surface area contributed by atoms with Gasteiger partial charge >= 0.3 is 0 Å². The van der Waals surface area contributed by atoms with Gasteiger partial charge in [0.15, 0.2) is 34.0 Å². The van der Waals surface area contributed by atoms with E-state index in [1.165, 1.54) is 6.07 Å². The molecule has 0 saturated carbocycles. The molecular formula is C22H22O12. The highest BCUT2D eigenvalue weighted by Gasteiger charge is 2.46. The van der Waals surface area contributed by atoms with E-state index in [0.717, 1.165) is 25.3 Å². The van der Waals surface area contributed by atoms with E-state index in [1.807, 2.05) is 0 Å². The van der Waals surface area contributed by atoms with Crippen LogP contribution in [0.3, 0.4) is 0 Å². The molecule has 1 aliphatic heterocycles. The molecule has 5 atom stereocenters. The number of benzene rings is 2. The minimum atomic E-state index is -1.85. The Kier molecular flexibility index (Phi) is 6.02. The molecule has 0 spiro atoms. The van der Waals surface area contributed by atoms with Crippen LogP contribution in [0, 0.1) is 0 Å². The van der Waals surface area contributed by atoms with Crippen LogP contribution in [0.25, 0.3) is 22.3 Å². The summed E-state index contributed by atoms with van der Waals surface area (Å²) < 4.78 is 16.3. The Morgan fingerprint density at radius 1 is 0.941 bits per heavy atom. The highest BCUT2D eigenvalue weighted by molar-refractivity contribution is 5.93. The molecule has 34 heavy (non-hydrogen) atoms. The van der Waals surface area contributed by atoms with Crippen LogP contribution in [0.1, 0.15) is 11.7 Å². The van der Waals surface area contributed by atoms with E-state index >= 15 is 0 Å². The number of phenols is 4. The van der Waals surface area contributed by atoms with Gasteiger partial charge in [0, 0.05) is 11.6 Å². The molecule has 0 unspecified atom stereocenters. The van der Waals surface area contributed by atoms with E-state index in [-0.39, 0.29) is 11.3 Å². The summed E-state index contributed by atoms with van der Waals surface area (Å²) in [5, 5.41) is 80.8. The minimum absolute atomic E-state index is 0.142. The second kappa shape index (κ2) is 8.66. The fraction of sp³-hybridized carbons (Fsp3) is 0.318. The summed E-state index contributed by atoms with van der Waals surface area (Å²) in [4.78, 5) is 13.0. The smallest absolute Gasteiger partial charge is 0.204 e. The lowest BCUT2D eigenvalue weighted by Crippen LogP contribution is -2.55. The Morgan fingerprint density at radius 3 is 2.26 bits per heavy atom. The maximum atomic E-state index is 13.0. The maximum absolute atomic E-state index is 13.0. The van der Waals surface area contributed by atoms with Gasteiger partial charge < -0.3 is 54.7 Å². The van der Waals surface area contributed by atoms with E-state index in [9.17, 15) is 45.6 Å². The van der Waals surface area contributed by atoms with Crippen LogP contribution in [0.2, 0.25) is 0 Å². The molecule has 2 aromatic carbocycles. The molecular weight excluding hydrogens is 456 g/mol. The molecule has 1 saturated heterocycles. The second-order valence-corrected chi connectivity index (χ2v) is 7.78. The van der Waals surface area contributed by atoms with Crippen LogP contribution in [-0.2, 0) is 4.74 Å². The van der Waals surface area contributed by atoms with Gasteiger partial charge in [-0.2, -0.15) is 0 Å². The first kappa shape index (κ1) is 23.6. The SMILES string of the molecule is COc1c(O)c([C@@H]2O[C@H](CO)[C@@H](O)[C@H](O)[C@H]2O)c2oc(-c3ccc(O)c(O)c3)cc(=O)c2c1O. The number of aromatic hydroxyl groups is 4. The van der Waals surface area contributed by atoms with E-state index in [4.69, 9.17) is 13.9 Å². The molecule has 0 bridgehead atoms. The van der Waals surface area contributed by atoms with E-state index in [0.29, 0.717) is 0 Å². The molecule has 2 heterocycles.